The van der Waals surface area contributed by atoms with Gasteiger partial charge in [-0.05, 0) is 38.0 Å². The Hall–Kier alpha value is -2.96. The number of amides is 1. The molecule has 0 radical (unpaired) electrons. The van der Waals surface area contributed by atoms with Gasteiger partial charge in [0.05, 0.1) is 19.5 Å². The molecular weight excluding hydrogens is 322 g/mol. The lowest BCUT2D eigenvalue weighted by Gasteiger charge is -2.28. The molecule has 132 valence electrons. The number of aromatic carboxylic acids is 1. The average molecular weight is 343 g/mol. The lowest BCUT2D eigenvalue weighted by molar-refractivity contribution is 0.0675. The number of ether oxygens (including phenoxy) is 1. The number of benzene rings is 1. The summed E-state index contributed by atoms with van der Waals surface area (Å²) in [5.74, 6) is -0.659. The van der Waals surface area contributed by atoms with Gasteiger partial charge in [-0.2, -0.15) is 0 Å². The fraction of sp³-hybridized carbons (Fsp3) is 0.333. The Kier molecular flexibility index (Phi) is 6.05. The van der Waals surface area contributed by atoms with Crippen molar-refractivity contribution in [1.82, 2.24) is 14.9 Å². The fourth-order valence-corrected chi connectivity index (χ4v) is 2.56. The maximum Gasteiger partial charge on any atom is 0.356 e. The van der Waals surface area contributed by atoms with Crippen molar-refractivity contribution >= 4 is 11.9 Å². The van der Waals surface area contributed by atoms with E-state index in [-0.39, 0.29) is 23.3 Å². The van der Waals surface area contributed by atoms with Gasteiger partial charge in [0.25, 0.3) is 5.91 Å². The minimum atomic E-state index is -1.17. The Bertz CT molecular complexity index is 729. The van der Waals surface area contributed by atoms with E-state index in [0.29, 0.717) is 13.0 Å². The Morgan fingerprint density at radius 2 is 1.76 bits per heavy atom. The van der Waals surface area contributed by atoms with Gasteiger partial charge >= 0.3 is 5.97 Å². The highest BCUT2D eigenvalue weighted by Crippen LogP contribution is 2.15. The van der Waals surface area contributed by atoms with Crippen molar-refractivity contribution in [3.05, 3.63) is 53.6 Å². The number of hydrogen-bond acceptors (Lipinski definition) is 5. The molecule has 25 heavy (non-hydrogen) atoms. The van der Waals surface area contributed by atoms with Crippen molar-refractivity contribution in [2.24, 2.45) is 0 Å². The van der Waals surface area contributed by atoms with Gasteiger partial charge in [0, 0.05) is 12.6 Å². The van der Waals surface area contributed by atoms with E-state index in [4.69, 9.17) is 9.84 Å². The van der Waals surface area contributed by atoms with E-state index in [1.807, 2.05) is 38.1 Å². The molecule has 0 fully saturated rings. The third-order valence-electron chi connectivity index (χ3n) is 3.91. The largest absolute Gasteiger partial charge is 0.497 e. The Morgan fingerprint density at radius 3 is 2.24 bits per heavy atom. The van der Waals surface area contributed by atoms with Crippen LogP contribution in [0.5, 0.6) is 5.75 Å². The quantitative estimate of drug-likeness (QED) is 0.829. The number of carbonyl (C=O) groups is 2. The van der Waals surface area contributed by atoms with Crippen LogP contribution in [0.2, 0.25) is 0 Å². The average Bonchev–Trinajstić information content (AvgIpc) is 2.63. The number of likely N-dealkylation sites (N-methyl/N-ethyl adjacent to an activating group) is 1. The summed E-state index contributed by atoms with van der Waals surface area (Å²) in [6.45, 7) is 4.37. The molecule has 7 nitrogen and oxygen atoms in total. The maximum atomic E-state index is 12.6. The number of carboxylic acids is 1. The van der Waals surface area contributed by atoms with Crippen molar-refractivity contribution in [1.29, 1.82) is 0 Å². The number of methoxy groups -OCH3 is 1. The zero-order chi connectivity index (χ0) is 18.4. The van der Waals surface area contributed by atoms with Crippen LogP contribution in [0.3, 0.4) is 0 Å². The summed E-state index contributed by atoms with van der Waals surface area (Å²) in [4.78, 5) is 32.8. The number of rotatable bonds is 7. The van der Waals surface area contributed by atoms with Crippen LogP contribution < -0.4 is 4.74 Å². The molecule has 1 aromatic carbocycles. The van der Waals surface area contributed by atoms with E-state index in [9.17, 15) is 9.59 Å². The SMILES string of the molecule is CCN(C(=O)c1cnc(C(=O)O)cn1)C(C)Cc1ccc(OC)cc1. The molecule has 0 saturated heterocycles. The molecule has 0 aliphatic carbocycles. The van der Waals surface area contributed by atoms with Gasteiger partial charge in [0.2, 0.25) is 0 Å². The van der Waals surface area contributed by atoms with Crippen LogP contribution in [0.4, 0.5) is 0 Å². The summed E-state index contributed by atoms with van der Waals surface area (Å²) in [7, 11) is 1.62. The van der Waals surface area contributed by atoms with Crippen LogP contribution in [0.1, 0.15) is 40.4 Å². The highest BCUT2D eigenvalue weighted by Gasteiger charge is 2.22. The lowest BCUT2D eigenvalue weighted by Crippen LogP contribution is -2.40. The topological polar surface area (TPSA) is 92.6 Å². The van der Waals surface area contributed by atoms with Gasteiger partial charge in [0.1, 0.15) is 11.4 Å². The zero-order valence-corrected chi connectivity index (χ0v) is 14.5. The number of carboxylic acid groups (broad SMARTS) is 1. The second-order valence-electron chi connectivity index (χ2n) is 5.58. The fourth-order valence-electron chi connectivity index (χ4n) is 2.56. The second kappa shape index (κ2) is 8.23. The van der Waals surface area contributed by atoms with E-state index in [0.717, 1.165) is 17.5 Å². The highest BCUT2D eigenvalue weighted by molar-refractivity contribution is 5.93. The third-order valence-corrected chi connectivity index (χ3v) is 3.91. The minimum absolute atomic E-state index is 0.0492. The van der Waals surface area contributed by atoms with Crippen LogP contribution in [0.25, 0.3) is 0 Å². The molecule has 1 heterocycles. The van der Waals surface area contributed by atoms with Gasteiger partial charge < -0.3 is 14.7 Å². The monoisotopic (exact) mass is 343 g/mol. The molecule has 0 aliphatic heterocycles. The summed E-state index contributed by atoms with van der Waals surface area (Å²) < 4.78 is 5.14. The summed E-state index contributed by atoms with van der Waals surface area (Å²) in [6, 6.07) is 7.66. The predicted molar refractivity (Wildman–Crippen MR) is 91.9 cm³/mol. The van der Waals surface area contributed by atoms with Crippen molar-refractivity contribution < 1.29 is 19.4 Å². The summed E-state index contributed by atoms with van der Waals surface area (Å²) in [5, 5.41) is 8.85. The van der Waals surface area contributed by atoms with E-state index in [1.54, 1.807) is 12.0 Å². The molecule has 1 unspecified atom stereocenters. The molecule has 0 saturated carbocycles. The van der Waals surface area contributed by atoms with Crippen molar-refractivity contribution in [2.45, 2.75) is 26.3 Å². The van der Waals surface area contributed by atoms with Crippen LogP contribution in [-0.4, -0.2) is 51.5 Å². The summed E-state index contributed by atoms with van der Waals surface area (Å²) in [6.07, 6.45) is 2.98. The number of aromatic nitrogens is 2. The van der Waals surface area contributed by atoms with Gasteiger partial charge in [-0.1, -0.05) is 12.1 Å². The molecule has 0 spiro atoms. The number of carbonyl (C=O) groups excluding carboxylic acids is 1. The van der Waals surface area contributed by atoms with E-state index in [2.05, 4.69) is 9.97 Å². The second-order valence-corrected chi connectivity index (χ2v) is 5.58. The van der Waals surface area contributed by atoms with E-state index >= 15 is 0 Å². The molecule has 2 aromatic rings. The Morgan fingerprint density at radius 1 is 1.16 bits per heavy atom. The Balaban J connectivity index is 2.10. The number of nitrogens with zero attached hydrogens (tertiary/aromatic N) is 3. The van der Waals surface area contributed by atoms with Crippen LogP contribution in [-0.2, 0) is 6.42 Å². The summed E-state index contributed by atoms with van der Waals surface area (Å²) in [5.41, 5.74) is 1.03. The van der Waals surface area contributed by atoms with Crippen molar-refractivity contribution in [2.75, 3.05) is 13.7 Å². The predicted octanol–water partition coefficient (Wildman–Crippen LogP) is 2.28. The first-order valence-corrected chi connectivity index (χ1v) is 7.95. The molecule has 1 atom stereocenters. The smallest absolute Gasteiger partial charge is 0.356 e. The molecule has 1 N–H and O–H groups in total. The Labute approximate surface area is 146 Å². The molecule has 7 heteroatoms. The first-order chi connectivity index (χ1) is 12.0. The van der Waals surface area contributed by atoms with Gasteiger partial charge in [-0.15, -0.1) is 0 Å². The van der Waals surface area contributed by atoms with Crippen molar-refractivity contribution in [3.8, 4) is 5.75 Å². The van der Waals surface area contributed by atoms with Gasteiger partial charge in [-0.25, -0.2) is 14.8 Å². The first kappa shape index (κ1) is 18.4. The third kappa shape index (κ3) is 4.53. The molecule has 2 rings (SSSR count). The lowest BCUT2D eigenvalue weighted by atomic mass is 10.1. The van der Waals surface area contributed by atoms with Gasteiger partial charge in [-0.3, -0.25) is 4.79 Å². The molecule has 1 aromatic heterocycles. The molecule has 0 aliphatic rings. The van der Waals surface area contributed by atoms with E-state index < -0.39 is 5.97 Å². The molecule has 0 bridgehead atoms. The van der Waals surface area contributed by atoms with E-state index in [1.165, 1.54) is 6.20 Å². The molecule has 1 amide bonds. The first-order valence-electron chi connectivity index (χ1n) is 7.95. The normalized spacial score (nSPS) is 11.6. The minimum Gasteiger partial charge on any atom is -0.497 e. The maximum absolute atomic E-state index is 12.6. The summed E-state index contributed by atoms with van der Waals surface area (Å²) >= 11 is 0. The van der Waals surface area contributed by atoms with Crippen LogP contribution >= 0.6 is 0 Å². The van der Waals surface area contributed by atoms with Crippen LogP contribution in [0, 0.1) is 0 Å². The standard InChI is InChI=1S/C18H21N3O4/c1-4-21(12(2)9-13-5-7-14(25-3)8-6-13)17(22)15-10-20-16(11-19-15)18(23)24/h5-8,10-12H,4,9H2,1-3H3,(H,23,24). The van der Waals surface area contributed by atoms with Crippen molar-refractivity contribution in [3.63, 3.8) is 0 Å². The highest BCUT2D eigenvalue weighted by atomic mass is 16.5. The zero-order valence-electron chi connectivity index (χ0n) is 14.5. The number of hydrogen-bond donors (Lipinski definition) is 1. The van der Waals surface area contributed by atoms with Gasteiger partial charge in [0.15, 0.2) is 5.69 Å². The molecular formula is C18H21N3O4. The van der Waals surface area contributed by atoms with Crippen LogP contribution in [0.15, 0.2) is 36.7 Å².